The average molecular weight is 298 g/mol. The van der Waals surface area contributed by atoms with Crippen molar-refractivity contribution >= 4 is 17.1 Å². The van der Waals surface area contributed by atoms with E-state index in [2.05, 4.69) is 4.98 Å². The van der Waals surface area contributed by atoms with E-state index in [1.54, 1.807) is 19.2 Å². The summed E-state index contributed by atoms with van der Waals surface area (Å²) < 4.78 is 6.95. The molecule has 6 heteroatoms. The van der Waals surface area contributed by atoms with E-state index in [1.165, 1.54) is 4.57 Å². The third-order valence-electron chi connectivity index (χ3n) is 3.49. The molecule has 3 aromatic rings. The lowest BCUT2D eigenvalue weighted by Gasteiger charge is -2.07. The van der Waals surface area contributed by atoms with E-state index in [0.29, 0.717) is 30.0 Å². The molecule has 0 saturated heterocycles. The lowest BCUT2D eigenvalue weighted by molar-refractivity contribution is 0.0693. The molecule has 0 radical (unpaired) electrons. The first-order valence-electron chi connectivity index (χ1n) is 6.84. The van der Waals surface area contributed by atoms with Crippen molar-refractivity contribution in [3.05, 3.63) is 63.9 Å². The van der Waals surface area contributed by atoms with E-state index in [1.807, 2.05) is 24.3 Å². The molecule has 2 heterocycles. The Bertz CT molecular complexity index is 875. The fourth-order valence-corrected chi connectivity index (χ4v) is 2.34. The number of aromatic carboxylic acids is 1. The summed E-state index contributed by atoms with van der Waals surface area (Å²) in [6.45, 7) is 1.92. The summed E-state index contributed by atoms with van der Waals surface area (Å²) in [6, 6.07) is 9.03. The van der Waals surface area contributed by atoms with E-state index >= 15 is 0 Å². The van der Waals surface area contributed by atoms with Crippen LogP contribution in [0.3, 0.4) is 0 Å². The number of para-hydroxylation sites is 2. The van der Waals surface area contributed by atoms with Crippen LogP contribution in [-0.2, 0) is 13.0 Å². The van der Waals surface area contributed by atoms with Crippen LogP contribution in [0.5, 0.6) is 0 Å². The minimum Gasteiger partial charge on any atom is -0.477 e. The molecule has 0 atom stereocenters. The second kappa shape index (κ2) is 5.48. The Balaban J connectivity index is 1.86. The molecule has 1 aromatic carbocycles. The van der Waals surface area contributed by atoms with Crippen LogP contribution in [0.15, 0.2) is 45.7 Å². The molecule has 22 heavy (non-hydrogen) atoms. The number of carboxylic acid groups (broad SMARTS) is 1. The van der Waals surface area contributed by atoms with Gasteiger partial charge in [-0.3, -0.25) is 4.79 Å². The van der Waals surface area contributed by atoms with Crippen LogP contribution in [0.25, 0.3) is 11.1 Å². The van der Waals surface area contributed by atoms with Crippen LogP contribution in [0.4, 0.5) is 0 Å². The number of aryl methyl sites for hydroxylation is 3. The molecule has 0 aliphatic heterocycles. The Kier molecular flexibility index (Phi) is 3.50. The molecule has 0 fully saturated rings. The molecule has 2 aromatic heterocycles. The largest absolute Gasteiger partial charge is 0.477 e. The molecule has 0 unspecified atom stereocenters. The Hall–Kier alpha value is -2.89. The standard InChI is InChI=1S/C16H14N2O4/c1-10-6-8-18(15(19)14(10)16(20)21)9-7-13-17-11-4-2-3-5-12(11)22-13/h2-6,8H,7,9H2,1H3,(H,20,21). The van der Waals surface area contributed by atoms with Gasteiger partial charge < -0.3 is 14.1 Å². The van der Waals surface area contributed by atoms with Crippen molar-refractivity contribution in [2.24, 2.45) is 0 Å². The zero-order chi connectivity index (χ0) is 15.7. The normalized spacial score (nSPS) is 11.0. The van der Waals surface area contributed by atoms with Crippen molar-refractivity contribution in [3.63, 3.8) is 0 Å². The molecule has 6 nitrogen and oxygen atoms in total. The number of nitrogens with zero attached hydrogens (tertiary/aromatic N) is 2. The molecule has 3 rings (SSSR count). The number of benzene rings is 1. The van der Waals surface area contributed by atoms with Gasteiger partial charge in [-0.25, -0.2) is 9.78 Å². The summed E-state index contributed by atoms with van der Waals surface area (Å²) in [5, 5.41) is 9.11. The first-order valence-corrected chi connectivity index (χ1v) is 6.84. The van der Waals surface area contributed by atoms with Crippen LogP contribution in [-0.4, -0.2) is 20.6 Å². The van der Waals surface area contributed by atoms with Gasteiger partial charge in [-0.2, -0.15) is 0 Å². The van der Waals surface area contributed by atoms with Crippen LogP contribution in [0.1, 0.15) is 21.8 Å². The van der Waals surface area contributed by atoms with E-state index in [0.717, 1.165) is 5.52 Å². The van der Waals surface area contributed by atoms with Crippen molar-refractivity contribution in [2.75, 3.05) is 0 Å². The minimum absolute atomic E-state index is 0.194. The van der Waals surface area contributed by atoms with Crippen molar-refractivity contribution in [1.29, 1.82) is 0 Å². The number of oxazole rings is 1. The van der Waals surface area contributed by atoms with Crippen LogP contribution < -0.4 is 5.56 Å². The Morgan fingerprint density at radius 3 is 2.82 bits per heavy atom. The first kappa shape index (κ1) is 14.1. The third kappa shape index (κ3) is 2.50. The zero-order valence-electron chi connectivity index (χ0n) is 11.9. The second-order valence-electron chi connectivity index (χ2n) is 5.00. The predicted octanol–water partition coefficient (Wildman–Crippen LogP) is 2.24. The minimum atomic E-state index is -1.21. The number of rotatable bonds is 4. The highest BCUT2D eigenvalue weighted by Crippen LogP contribution is 2.15. The lowest BCUT2D eigenvalue weighted by atomic mass is 10.1. The van der Waals surface area contributed by atoms with Crippen LogP contribution in [0.2, 0.25) is 0 Å². The van der Waals surface area contributed by atoms with Crippen molar-refractivity contribution < 1.29 is 14.3 Å². The van der Waals surface area contributed by atoms with Gasteiger partial charge in [-0.15, -0.1) is 0 Å². The van der Waals surface area contributed by atoms with Gasteiger partial charge in [0, 0.05) is 19.2 Å². The molecule has 0 bridgehead atoms. The third-order valence-corrected chi connectivity index (χ3v) is 3.49. The molecule has 1 N–H and O–H groups in total. The summed E-state index contributed by atoms with van der Waals surface area (Å²) in [5.41, 5.74) is 1.21. The van der Waals surface area contributed by atoms with Gasteiger partial charge in [0.15, 0.2) is 11.5 Å². The molecule has 0 aliphatic rings. The average Bonchev–Trinajstić information content (AvgIpc) is 2.89. The quantitative estimate of drug-likeness (QED) is 0.798. The van der Waals surface area contributed by atoms with Gasteiger partial charge in [-0.05, 0) is 30.7 Å². The van der Waals surface area contributed by atoms with Gasteiger partial charge in [0.1, 0.15) is 11.1 Å². The maximum absolute atomic E-state index is 12.2. The highest BCUT2D eigenvalue weighted by molar-refractivity contribution is 5.88. The van der Waals surface area contributed by atoms with Crippen molar-refractivity contribution in [3.8, 4) is 0 Å². The molecule has 0 amide bonds. The number of hydrogen-bond donors (Lipinski definition) is 1. The molecule has 0 saturated carbocycles. The predicted molar refractivity (Wildman–Crippen MR) is 80.1 cm³/mol. The van der Waals surface area contributed by atoms with Gasteiger partial charge in [0.2, 0.25) is 0 Å². The fraction of sp³-hybridized carbons (Fsp3) is 0.188. The van der Waals surface area contributed by atoms with E-state index < -0.39 is 11.5 Å². The molecule has 112 valence electrons. The Morgan fingerprint density at radius 2 is 2.09 bits per heavy atom. The van der Waals surface area contributed by atoms with Crippen LogP contribution >= 0.6 is 0 Å². The molecule has 0 aliphatic carbocycles. The number of aromatic nitrogens is 2. The van der Waals surface area contributed by atoms with Gasteiger partial charge in [0.25, 0.3) is 5.56 Å². The fourth-order valence-electron chi connectivity index (χ4n) is 2.34. The monoisotopic (exact) mass is 298 g/mol. The van der Waals surface area contributed by atoms with E-state index in [9.17, 15) is 9.59 Å². The summed E-state index contributed by atoms with van der Waals surface area (Å²) >= 11 is 0. The number of carboxylic acids is 1. The first-order chi connectivity index (χ1) is 10.6. The van der Waals surface area contributed by atoms with Crippen molar-refractivity contribution in [2.45, 2.75) is 19.9 Å². The SMILES string of the molecule is Cc1ccn(CCc2nc3ccccc3o2)c(=O)c1C(=O)O. The van der Waals surface area contributed by atoms with E-state index in [4.69, 9.17) is 9.52 Å². The smallest absolute Gasteiger partial charge is 0.341 e. The number of fused-ring (bicyclic) bond motifs is 1. The second-order valence-corrected chi connectivity index (χ2v) is 5.00. The summed E-state index contributed by atoms with van der Waals surface area (Å²) in [7, 11) is 0. The number of hydrogen-bond acceptors (Lipinski definition) is 4. The van der Waals surface area contributed by atoms with Crippen molar-refractivity contribution in [1.82, 2.24) is 9.55 Å². The van der Waals surface area contributed by atoms with Crippen LogP contribution in [0, 0.1) is 6.92 Å². The maximum atomic E-state index is 12.2. The lowest BCUT2D eigenvalue weighted by Crippen LogP contribution is -2.27. The van der Waals surface area contributed by atoms with E-state index in [-0.39, 0.29) is 5.56 Å². The molecule has 0 spiro atoms. The summed E-state index contributed by atoms with van der Waals surface area (Å²) in [4.78, 5) is 27.6. The Labute approximate surface area is 125 Å². The summed E-state index contributed by atoms with van der Waals surface area (Å²) in [5.74, 6) is -0.690. The van der Waals surface area contributed by atoms with Gasteiger partial charge >= 0.3 is 5.97 Å². The topological polar surface area (TPSA) is 85.3 Å². The highest BCUT2D eigenvalue weighted by atomic mass is 16.4. The number of carbonyl (C=O) groups is 1. The zero-order valence-corrected chi connectivity index (χ0v) is 11.9. The van der Waals surface area contributed by atoms with Gasteiger partial charge in [0.05, 0.1) is 0 Å². The summed E-state index contributed by atoms with van der Waals surface area (Å²) in [6.07, 6.45) is 2.00. The highest BCUT2D eigenvalue weighted by Gasteiger charge is 2.14. The maximum Gasteiger partial charge on any atom is 0.341 e. The number of pyridine rings is 1. The Morgan fingerprint density at radius 1 is 1.32 bits per heavy atom. The molecular weight excluding hydrogens is 284 g/mol. The molecular formula is C16H14N2O4. The van der Waals surface area contributed by atoms with Gasteiger partial charge in [-0.1, -0.05) is 12.1 Å².